The molecular weight excluding hydrogens is 530 g/mol. The number of β-amino-alcohol motifs (C(OH)–C–C–N with tert-alkyl or cyclic N) is 1. The van der Waals surface area contributed by atoms with Crippen molar-refractivity contribution in [3.05, 3.63) is 82.9 Å². The Morgan fingerprint density at radius 2 is 1.73 bits per heavy atom. The van der Waals surface area contributed by atoms with E-state index in [4.69, 9.17) is 16.3 Å². The van der Waals surface area contributed by atoms with Crippen LogP contribution in [-0.2, 0) is 27.3 Å². The summed E-state index contributed by atoms with van der Waals surface area (Å²) in [5.41, 5.74) is 1.06. The zero-order valence-electron chi connectivity index (χ0n) is 23.3. The number of hydrogen-bond donors (Lipinski definition) is 2. The molecule has 3 amide bonds. The van der Waals surface area contributed by atoms with Crippen molar-refractivity contribution in [1.29, 1.82) is 0 Å². The van der Waals surface area contributed by atoms with E-state index in [0.717, 1.165) is 21.9 Å². The van der Waals surface area contributed by atoms with Crippen molar-refractivity contribution in [2.24, 2.45) is 0 Å². The van der Waals surface area contributed by atoms with Crippen LogP contribution in [0.3, 0.4) is 0 Å². The molecule has 3 aromatic carbocycles. The second-order valence-electron chi connectivity index (χ2n) is 11.3. The fraction of sp³-hybridized carbons (Fsp3) is 0.387. The second kappa shape index (κ2) is 12.3. The lowest BCUT2D eigenvalue weighted by Crippen LogP contribution is -2.54. The van der Waals surface area contributed by atoms with Gasteiger partial charge in [-0.3, -0.25) is 14.5 Å². The summed E-state index contributed by atoms with van der Waals surface area (Å²) in [4.78, 5) is 42.9. The molecule has 1 fully saturated rings. The summed E-state index contributed by atoms with van der Waals surface area (Å²) in [6.45, 7) is 5.56. The van der Waals surface area contributed by atoms with Crippen molar-refractivity contribution in [3.8, 4) is 0 Å². The molecule has 1 saturated heterocycles. The van der Waals surface area contributed by atoms with Crippen molar-refractivity contribution in [3.63, 3.8) is 0 Å². The van der Waals surface area contributed by atoms with Gasteiger partial charge in [-0.15, -0.1) is 0 Å². The molecule has 4 rings (SSSR count). The van der Waals surface area contributed by atoms with Crippen LogP contribution in [0, 0.1) is 0 Å². The van der Waals surface area contributed by atoms with Gasteiger partial charge in [0.05, 0.1) is 12.6 Å². The monoisotopic (exact) mass is 565 g/mol. The minimum Gasteiger partial charge on any atom is -0.444 e. The standard InChI is InChI=1S/C31H36ClN3O5/c1-31(2,3)40-30(39)35-19-25(36)17-27(35)28(37)33-26(29(38)34(4)18-20-8-6-5-7-9-20)15-21-10-11-23-16-24(32)13-12-22(23)14-21/h5-14,16,25-27,36H,15,17-19H2,1-4H3,(H,33,37)/t25-,26+,27+/m1/s1. The molecule has 0 radical (unpaired) electrons. The average Bonchev–Trinajstić information content (AvgIpc) is 3.29. The predicted octanol–water partition coefficient (Wildman–Crippen LogP) is 4.55. The van der Waals surface area contributed by atoms with Gasteiger partial charge >= 0.3 is 6.09 Å². The summed E-state index contributed by atoms with van der Waals surface area (Å²) < 4.78 is 5.46. The normalized spacial score (nSPS) is 17.9. The Labute approximate surface area is 239 Å². The van der Waals surface area contributed by atoms with Crippen LogP contribution in [0.15, 0.2) is 66.7 Å². The minimum atomic E-state index is -0.960. The molecule has 0 unspecified atom stereocenters. The Bertz CT molecular complexity index is 1370. The largest absolute Gasteiger partial charge is 0.444 e. The number of carbonyl (C=O) groups is 3. The number of likely N-dealkylation sites (N-methyl/N-ethyl adjacent to an activating group) is 1. The van der Waals surface area contributed by atoms with Gasteiger partial charge in [0.2, 0.25) is 11.8 Å². The Morgan fingerprint density at radius 3 is 2.42 bits per heavy atom. The minimum absolute atomic E-state index is 0.0211. The molecule has 3 atom stereocenters. The van der Waals surface area contributed by atoms with Crippen molar-refractivity contribution < 1.29 is 24.2 Å². The maximum Gasteiger partial charge on any atom is 0.411 e. The summed E-state index contributed by atoms with van der Waals surface area (Å²) in [5, 5.41) is 15.8. The van der Waals surface area contributed by atoms with Crippen LogP contribution >= 0.6 is 11.6 Å². The van der Waals surface area contributed by atoms with E-state index in [9.17, 15) is 19.5 Å². The average molecular weight is 566 g/mol. The molecule has 1 aliphatic heterocycles. The number of rotatable bonds is 7. The van der Waals surface area contributed by atoms with Crippen LogP contribution in [-0.4, -0.2) is 70.2 Å². The molecule has 1 aliphatic rings. The van der Waals surface area contributed by atoms with Gasteiger partial charge in [-0.25, -0.2) is 4.79 Å². The van der Waals surface area contributed by atoms with E-state index in [1.54, 1.807) is 32.7 Å². The fourth-order valence-corrected chi connectivity index (χ4v) is 5.06. The van der Waals surface area contributed by atoms with Gasteiger partial charge in [-0.05, 0) is 54.8 Å². The number of halogens is 1. The molecular formula is C31H36ClN3O5. The first-order valence-electron chi connectivity index (χ1n) is 13.3. The summed E-state index contributed by atoms with van der Waals surface area (Å²) in [5.74, 6) is -0.780. The molecule has 3 aromatic rings. The van der Waals surface area contributed by atoms with Gasteiger partial charge in [0.25, 0.3) is 0 Å². The van der Waals surface area contributed by atoms with E-state index in [1.807, 2.05) is 66.7 Å². The first-order valence-corrected chi connectivity index (χ1v) is 13.7. The van der Waals surface area contributed by atoms with E-state index >= 15 is 0 Å². The lowest BCUT2D eigenvalue weighted by Gasteiger charge is -2.30. The van der Waals surface area contributed by atoms with E-state index in [1.165, 1.54) is 4.90 Å². The molecule has 212 valence electrons. The molecule has 0 saturated carbocycles. The molecule has 40 heavy (non-hydrogen) atoms. The molecule has 0 aliphatic carbocycles. The first kappa shape index (κ1) is 29.4. The number of hydrogen-bond acceptors (Lipinski definition) is 5. The number of carbonyl (C=O) groups excluding carboxylic acids is 3. The number of amides is 3. The predicted molar refractivity (Wildman–Crippen MR) is 155 cm³/mol. The third-order valence-corrected chi connectivity index (χ3v) is 7.00. The van der Waals surface area contributed by atoms with Crippen molar-refractivity contribution >= 4 is 40.3 Å². The fourth-order valence-electron chi connectivity index (χ4n) is 4.88. The maximum atomic E-state index is 13.7. The van der Waals surface area contributed by atoms with E-state index in [0.29, 0.717) is 11.6 Å². The van der Waals surface area contributed by atoms with Gasteiger partial charge in [0.1, 0.15) is 17.7 Å². The molecule has 8 nitrogen and oxygen atoms in total. The van der Waals surface area contributed by atoms with Gasteiger partial charge < -0.3 is 20.1 Å². The summed E-state index contributed by atoms with van der Waals surface area (Å²) in [6.07, 6.45) is -1.25. The van der Waals surface area contributed by atoms with Crippen LogP contribution in [0.4, 0.5) is 4.79 Å². The highest BCUT2D eigenvalue weighted by atomic mass is 35.5. The quantitative estimate of drug-likeness (QED) is 0.438. The number of aliphatic hydroxyl groups excluding tert-OH is 1. The molecule has 2 N–H and O–H groups in total. The van der Waals surface area contributed by atoms with E-state index in [-0.39, 0.29) is 25.3 Å². The van der Waals surface area contributed by atoms with Crippen LogP contribution in [0.2, 0.25) is 5.02 Å². The molecule has 9 heteroatoms. The third-order valence-electron chi connectivity index (χ3n) is 6.77. The van der Waals surface area contributed by atoms with Crippen molar-refractivity contribution in [2.75, 3.05) is 13.6 Å². The van der Waals surface area contributed by atoms with E-state index < -0.39 is 35.8 Å². The number of aliphatic hydroxyl groups is 1. The van der Waals surface area contributed by atoms with Crippen molar-refractivity contribution in [1.82, 2.24) is 15.1 Å². The van der Waals surface area contributed by atoms with Crippen LogP contribution in [0.25, 0.3) is 10.8 Å². The Hall–Kier alpha value is -3.62. The number of nitrogens with one attached hydrogen (secondary N) is 1. The molecule has 0 spiro atoms. The van der Waals surface area contributed by atoms with Crippen LogP contribution in [0.5, 0.6) is 0 Å². The Morgan fingerprint density at radius 1 is 1.05 bits per heavy atom. The maximum absolute atomic E-state index is 13.7. The molecule has 0 bridgehead atoms. The lowest BCUT2D eigenvalue weighted by atomic mass is 10.00. The number of nitrogens with zero attached hydrogens (tertiary/aromatic N) is 2. The Balaban J connectivity index is 1.57. The van der Waals surface area contributed by atoms with Gasteiger partial charge in [-0.1, -0.05) is 66.2 Å². The van der Waals surface area contributed by atoms with Crippen LogP contribution < -0.4 is 5.32 Å². The zero-order valence-corrected chi connectivity index (χ0v) is 24.0. The highest BCUT2D eigenvalue weighted by Gasteiger charge is 2.42. The smallest absolute Gasteiger partial charge is 0.411 e. The van der Waals surface area contributed by atoms with Gasteiger partial charge in [0, 0.05) is 31.5 Å². The SMILES string of the molecule is CN(Cc1ccccc1)C(=O)[C@H](Cc1ccc2cc(Cl)ccc2c1)NC(=O)[C@@H]1C[C@@H](O)CN1C(=O)OC(C)(C)C. The summed E-state index contributed by atoms with van der Waals surface area (Å²) in [6, 6.07) is 19.1. The lowest BCUT2D eigenvalue weighted by molar-refractivity contribution is -0.137. The first-order chi connectivity index (χ1) is 18.9. The number of benzene rings is 3. The van der Waals surface area contributed by atoms with E-state index in [2.05, 4.69) is 5.32 Å². The highest BCUT2D eigenvalue weighted by Crippen LogP contribution is 2.24. The second-order valence-corrected chi connectivity index (χ2v) is 11.7. The Kier molecular flexibility index (Phi) is 9.01. The number of likely N-dealkylation sites (tertiary alicyclic amines) is 1. The van der Waals surface area contributed by atoms with Crippen LogP contribution in [0.1, 0.15) is 38.3 Å². The summed E-state index contributed by atoms with van der Waals surface area (Å²) >= 11 is 6.13. The topological polar surface area (TPSA) is 99.2 Å². The molecule has 0 aromatic heterocycles. The number of fused-ring (bicyclic) bond motifs is 1. The van der Waals surface area contributed by atoms with Crippen molar-refractivity contribution in [2.45, 2.75) is 63.9 Å². The third kappa shape index (κ3) is 7.52. The highest BCUT2D eigenvalue weighted by molar-refractivity contribution is 6.31. The molecule has 1 heterocycles. The number of ether oxygens (including phenoxy) is 1. The summed E-state index contributed by atoms with van der Waals surface area (Å²) in [7, 11) is 1.70. The van der Waals surface area contributed by atoms with Gasteiger partial charge in [0.15, 0.2) is 0 Å². The zero-order chi connectivity index (χ0) is 29.0. The van der Waals surface area contributed by atoms with Gasteiger partial charge in [-0.2, -0.15) is 0 Å².